The summed E-state index contributed by atoms with van der Waals surface area (Å²) in [5.41, 5.74) is 0.612. The van der Waals surface area contributed by atoms with Crippen molar-refractivity contribution >= 4 is 23.1 Å². The zero-order valence-electron chi connectivity index (χ0n) is 20.8. The molecule has 1 aliphatic heterocycles. The third-order valence-electron chi connectivity index (χ3n) is 6.17. The minimum atomic E-state index is -1.21. The van der Waals surface area contributed by atoms with Crippen LogP contribution in [0.1, 0.15) is 50.4 Å². The van der Waals surface area contributed by atoms with E-state index in [0.717, 1.165) is 40.8 Å². The molecule has 1 atom stereocenters. The lowest BCUT2D eigenvalue weighted by molar-refractivity contribution is -0.132. The molecule has 4 rings (SSSR count). The molecule has 37 heavy (non-hydrogen) atoms. The summed E-state index contributed by atoms with van der Waals surface area (Å²) in [6, 6.07) is 11.6. The number of carbonyl (C=O) groups excluding carboxylic acids is 2. The molecule has 8 heteroatoms. The van der Waals surface area contributed by atoms with Gasteiger partial charge in [-0.15, -0.1) is 0 Å². The van der Waals surface area contributed by atoms with Gasteiger partial charge in [-0.3, -0.25) is 14.5 Å². The molecular weight excluding hydrogens is 483 g/mol. The molecule has 1 heterocycles. The minimum Gasteiger partial charge on any atom is -0.507 e. The number of anilines is 1. The number of hydrogen-bond acceptors (Lipinski definition) is 4. The fraction of sp³-hybridized carbons (Fsp3) is 0.241. The van der Waals surface area contributed by atoms with Gasteiger partial charge in [-0.25, -0.2) is 13.2 Å². The summed E-state index contributed by atoms with van der Waals surface area (Å²) in [5.74, 6) is -4.77. The first kappa shape index (κ1) is 26.0. The predicted octanol–water partition coefficient (Wildman–Crippen LogP) is 6.43. The molecule has 0 saturated carbocycles. The highest BCUT2D eigenvalue weighted by molar-refractivity contribution is 6.51. The fourth-order valence-electron chi connectivity index (χ4n) is 4.39. The van der Waals surface area contributed by atoms with Crippen LogP contribution < -0.4 is 9.64 Å². The van der Waals surface area contributed by atoms with Gasteiger partial charge in [0.2, 0.25) is 0 Å². The lowest BCUT2D eigenvalue weighted by Crippen LogP contribution is -2.29. The number of nitrogens with zero attached hydrogens (tertiary/aromatic N) is 1. The van der Waals surface area contributed by atoms with Crippen LogP contribution in [0.15, 0.2) is 66.2 Å². The van der Waals surface area contributed by atoms with Gasteiger partial charge in [0.15, 0.2) is 11.6 Å². The van der Waals surface area contributed by atoms with E-state index in [1.54, 1.807) is 18.2 Å². The van der Waals surface area contributed by atoms with Crippen LogP contribution in [-0.4, -0.2) is 23.4 Å². The van der Waals surface area contributed by atoms with Gasteiger partial charge in [-0.05, 0) is 60.4 Å². The number of hydrogen-bond donors (Lipinski definition) is 1. The number of aliphatic hydroxyl groups excluding tert-OH is 1. The van der Waals surface area contributed by atoms with Crippen LogP contribution in [0.4, 0.5) is 18.9 Å². The topological polar surface area (TPSA) is 66.8 Å². The van der Waals surface area contributed by atoms with Crippen molar-refractivity contribution < 1.29 is 32.6 Å². The Morgan fingerprint density at radius 3 is 2.22 bits per heavy atom. The second-order valence-corrected chi connectivity index (χ2v) is 9.71. The monoisotopic (exact) mass is 509 g/mol. The van der Waals surface area contributed by atoms with E-state index in [0.29, 0.717) is 17.9 Å². The Labute approximate surface area is 212 Å². The quantitative estimate of drug-likeness (QED) is 0.245. The Bertz CT molecular complexity index is 1410. The lowest BCUT2D eigenvalue weighted by Gasteiger charge is -2.26. The number of ketones is 1. The SMILES string of the molecule is CCOc1ccc(/C(O)=C2/C(=O)C(=O)N(c3ccc(F)c(F)c3)C2c2ccc(F)cc2)cc1C(C)(C)C. The summed E-state index contributed by atoms with van der Waals surface area (Å²) in [4.78, 5) is 27.4. The fourth-order valence-corrected chi connectivity index (χ4v) is 4.39. The van der Waals surface area contributed by atoms with Crippen LogP contribution in [0.25, 0.3) is 5.76 Å². The summed E-state index contributed by atoms with van der Waals surface area (Å²) in [5, 5.41) is 11.4. The van der Waals surface area contributed by atoms with Crippen LogP contribution in [-0.2, 0) is 15.0 Å². The van der Waals surface area contributed by atoms with Crippen molar-refractivity contribution in [2.45, 2.75) is 39.2 Å². The minimum absolute atomic E-state index is 0.0866. The van der Waals surface area contributed by atoms with Crippen molar-refractivity contribution in [3.8, 4) is 5.75 Å². The molecule has 3 aromatic carbocycles. The molecule has 0 spiro atoms. The molecule has 1 amide bonds. The van der Waals surface area contributed by atoms with Crippen molar-refractivity contribution in [2.75, 3.05) is 11.5 Å². The molecule has 1 aliphatic rings. The Morgan fingerprint density at radius 1 is 0.946 bits per heavy atom. The molecule has 192 valence electrons. The number of Topliss-reactive ketones (excluding diaryl/α,β-unsaturated/α-hetero) is 1. The van der Waals surface area contributed by atoms with Crippen molar-refractivity contribution in [3.05, 3.63) is 100 Å². The summed E-state index contributed by atoms with van der Waals surface area (Å²) in [6.07, 6.45) is 0. The standard InChI is InChI=1S/C29H26F3NO4/c1-5-37-23-13-8-17(14-20(23)29(2,3)4)26(34)24-25(16-6-9-18(30)10-7-16)33(28(36)27(24)35)19-11-12-21(31)22(32)15-19/h6-15,25,34H,5H2,1-4H3/b26-24-. The molecule has 1 unspecified atom stereocenters. The third-order valence-corrected chi connectivity index (χ3v) is 6.17. The molecule has 0 bridgehead atoms. The highest BCUT2D eigenvalue weighted by Gasteiger charge is 2.47. The van der Waals surface area contributed by atoms with Crippen molar-refractivity contribution in [2.24, 2.45) is 0 Å². The highest BCUT2D eigenvalue weighted by atomic mass is 19.2. The van der Waals surface area contributed by atoms with Crippen molar-refractivity contribution in [1.29, 1.82) is 0 Å². The van der Waals surface area contributed by atoms with Crippen molar-refractivity contribution in [3.63, 3.8) is 0 Å². The maximum Gasteiger partial charge on any atom is 0.300 e. The molecule has 1 saturated heterocycles. The Hall–Kier alpha value is -4.07. The van der Waals surface area contributed by atoms with Crippen LogP contribution in [0.5, 0.6) is 5.75 Å². The molecular formula is C29H26F3NO4. The molecule has 0 aliphatic carbocycles. The molecule has 0 aromatic heterocycles. The van der Waals surface area contributed by atoms with E-state index in [2.05, 4.69) is 0 Å². The molecule has 0 radical (unpaired) electrons. The van der Waals surface area contributed by atoms with E-state index in [4.69, 9.17) is 4.74 Å². The van der Waals surface area contributed by atoms with Gasteiger partial charge in [-0.2, -0.15) is 0 Å². The number of halogens is 3. The number of ether oxygens (including phenoxy) is 1. The molecule has 5 nitrogen and oxygen atoms in total. The second-order valence-electron chi connectivity index (χ2n) is 9.71. The van der Waals surface area contributed by atoms with Crippen LogP contribution in [0.2, 0.25) is 0 Å². The second kappa shape index (κ2) is 9.76. The van der Waals surface area contributed by atoms with E-state index in [1.807, 2.05) is 27.7 Å². The number of amides is 1. The molecule has 1 N–H and O–H groups in total. The average molecular weight is 510 g/mol. The molecule has 3 aromatic rings. The maximum atomic E-state index is 14.1. The van der Waals surface area contributed by atoms with Gasteiger partial charge in [0.25, 0.3) is 11.7 Å². The smallest absolute Gasteiger partial charge is 0.300 e. The Morgan fingerprint density at radius 2 is 1.62 bits per heavy atom. The third kappa shape index (κ3) is 4.83. The first-order valence-electron chi connectivity index (χ1n) is 11.7. The van der Waals surface area contributed by atoms with Crippen LogP contribution >= 0.6 is 0 Å². The van der Waals surface area contributed by atoms with Gasteiger partial charge < -0.3 is 9.84 Å². The largest absolute Gasteiger partial charge is 0.507 e. The Balaban J connectivity index is 1.95. The molecule has 1 fully saturated rings. The van der Waals surface area contributed by atoms with E-state index < -0.39 is 40.9 Å². The van der Waals surface area contributed by atoms with Crippen molar-refractivity contribution in [1.82, 2.24) is 0 Å². The highest BCUT2D eigenvalue weighted by Crippen LogP contribution is 2.43. The summed E-state index contributed by atoms with van der Waals surface area (Å²) < 4.78 is 47.2. The lowest BCUT2D eigenvalue weighted by atomic mass is 9.84. The van der Waals surface area contributed by atoms with E-state index >= 15 is 0 Å². The summed E-state index contributed by atoms with van der Waals surface area (Å²) in [7, 11) is 0. The van der Waals surface area contributed by atoms with Gasteiger partial charge in [0.05, 0.1) is 18.2 Å². The van der Waals surface area contributed by atoms with Gasteiger partial charge in [-0.1, -0.05) is 32.9 Å². The summed E-state index contributed by atoms with van der Waals surface area (Å²) in [6.45, 7) is 8.18. The Kier molecular flexibility index (Phi) is 6.86. The van der Waals surface area contributed by atoms with Gasteiger partial charge >= 0.3 is 0 Å². The zero-order valence-corrected chi connectivity index (χ0v) is 20.8. The first-order chi connectivity index (χ1) is 17.4. The number of aliphatic hydroxyl groups is 1. The van der Waals surface area contributed by atoms with E-state index in [-0.39, 0.29) is 22.2 Å². The van der Waals surface area contributed by atoms with E-state index in [1.165, 1.54) is 12.1 Å². The maximum absolute atomic E-state index is 14.1. The van der Waals surface area contributed by atoms with Gasteiger partial charge in [0, 0.05) is 22.9 Å². The van der Waals surface area contributed by atoms with Gasteiger partial charge in [0.1, 0.15) is 17.3 Å². The first-order valence-corrected chi connectivity index (χ1v) is 11.7. The number of rotatable bonds is 5. The van der Waals surface area contributed by atoms with Crippen LogP contribution in [0.3, 0.4) is 0 Å². The van der Waals surface area contributed by atoms with Crippen LogP contribution in [0, 0.1) is 17.5 Å². The average Bonchev–Trinajstić information content (AvgIpc) is 3.11. The predicted molar refractivity (Wildman–Crippen MR) is 134 cm³/mol. The van der Waals surface area contributed by atoms with E-state index in [9.17, 15) is 27.9 Å². The zero-order chi connectivity index (χ0) is 27.1. The summed E-state index contributed by atoms with van der Waals surface area (Å²) >= 11 is 0. The number of benzene rings is 3. The number of carbonyl (C=O) groups is 2. The normalized spacial score (nSPS) is 17.4.